The molecule has 3 nitrogen and oxygen atoms in total. The van der Waals surface area contributed by atoms with Crippen molar-refractivity contribution in [1.82, 2.24) is 5.32 Å². The molecule has 0 spiro atoms. The third-order valence-electron chi connectivity index (χ3n) is 3.15. The highest BCUT2D eigenvalue weighted by Crippen LogP contribution is 2.22. The van der Waals surface area contributed by atoms with Gasteiger partial charge in [-0.1, -0.05) is 12.1 Å². The van der Waals surface area contributed by atoms with Gasteiger partial charge < -0.3 is 10.1 Å². The Morgan fingerprint density at radius 3 is 2.62 bits per heavy atom. The molecule has 4 heteroatoms. The minimum absolute atomic E-state index is 0.0230. The van der Waals surface area contributed by atoms with E-state index in [2.05, 4.69) is 5.32 Å². The Morgan fingerprint density at radius 2 is 2.00 bits per heavy atom. The molecule has 1 N–H and O–H groups in total. The van der Waals surface area contributed by atoms with Crippen molar-refractivity contribution in [2.45, 2.75) is 39.8 Å². The summed E-state index contributed by atoms with van der Waals surface area (Å²) in [5, 5.41) is 4.97. The number of amides is 1. The largest absolute Gasteiger partial charge is 0.491 e. The smallest absolute Gasteiger partial charge is 0.262 e. The second kappa shape index (κ2) is 6.76. The average Bonchev–Trinajstić information content (AvgIpc) is 2.84. The fraction of sp³-hybridized carbons (Fsp3) is 0.353. The Hall–Kier alpha value is -1.81. The van der Waals surface area contributed by atoms with Gasteiger partial charge in [-0.2, -0.15) is 0 Å². The van der Waals surface area contributed by atoms with E-state index in [4.69, 9.17) is 4.74 Å². The maximum atomic E-state index is 12.2. The first-order valence-corrected chi connectivity index (χ1v) is 7.97. The van der Waals surface area contributed by atoms with Crippen molar-refractivity contribution in [3.05, 3.63) is 51.7 Å². The molecule has 2 aromatic rings. The van der Waals surface area contributed by atoms with Crippen LogP contribution in [0.1, 0.15) is 47.6 Å². The van der Waals surface area contributed by atoms with Gasteiger partial charge in [-0.25, -0.2) is 0 Å². The van der Waals surface area contributed by atoms with Gasteiger partial charge in [-0.05, 0) is 62.4 Å². The summed E-state index contributed by atoms with van der Waals surface area (Å²) < 4.78 is 5.69. The van der Waals surface area contributed by atoms with Crippen LogP contribution in [0.5, 0.6) is 5.75 Å². The number of carbonyl (C=O) groups is 1. The predicted molar refractivity (Wildman–Crippen MR) is 87.1 cm³/mol. The van der Waals surface area contributed by atoms with E-state index in [1.54, 1.807) is 0 Å². The van der Waals surface area contributed by atoms with Gasteiger partial charge in [0.1, 0.15) is 5.75 Å². The fourth-order valence-corrected chi connectivity index (χ4v) is 2.91. The van der Waals surface area contributed by atoms with Crippen molar-refractivity contribution >= 4 is 17.2 Å². The molecule has 1 atom stereocenters. The number of benzene rings is 1. The highest BCUT2D eigenvalue weighted by Gasteiger charge is 2.14. The zero-order valence-electron chi connectivity index (χ0n) is 12.8. The van der Waals surface area contributed by atoms with Crippen molar-refractivity contribution < 1.29 is 9.53 Å². The number of nitrogens with one attached hydrogen (secondary N) is 1. The molecular formula is C17H21NO2S. The van der Waals surface area contributed by atoms with Crippen LogP contribution in [0.3, 0.4) is 0 Å². The lowest BCUT2D eigenvalue weighted by Gasteiger charge is -2.16. The number of hydrogen-bond acceptors (Lipinski definition) is 3. The molecule has 2 rings (SSSR count). The van der Waals surface area contributed by atoms with Crippen molar-refractivity contribution in [3.63, 3.8) is 0 Å². The lowest BCUT2D eigenvalue weighted by atomic mass is 10.1. The normalized spacial score (nSPS) is 12.2. The number of ether oxygens (including phenoxy) is 1. The molecule has 1 heterocycles. The van der Waals surface area contributed by atoms with Crippen LogP contribution in [0.4, 0.5) is 0 Å². The van der Waals surface area contributed by atoms with E-state index in [1.807, 2.05) is 63.4 Å². The van der Waals surface area contributed by atoms with Gasteiger partial charge in [0, 0.05) is 0 Å². The summed E-state index contributed by atoms with van der Waals surface area (Å²) in [6.07, 6.45) is 0.138. The molecule has 112 valence electrons. The highest BCUT2D eigenvalue weighted by atomic mass is 32.1. The summed E-state index contributed by atoms with van der Waals surface area (Å²) in [6.45, 7) is 7.93. The van der Waals surface area contributed by atoms with E-state index in [-0.39, 0.29) is 18.1 Å². The van der Waals surface area contributed by atoms with Crippen molar-refractivity contribution in [2.24, 2.45) is 0 Å². The lowest BCUT2D eigenvalue weighted by molar-refractivity contribution is 0.0943. The number of aryl methyl sites for hydroxylation is 1. The third-order valence-corrected chi connectivity index (χ3v) is 4.16. The summed E-state index contributed by atoms with van der Waals surface area (Å²) in [6, 6.07) is 9.76. The van der Waals surface area contributed by atoms with Crippen LogP contribution in [-0.4, -0.2) is 12.0 Å². The maximum absolute atomic E-state index is 12.2. The standard InChI is InChI=1S/C17H21NO2S/c1-11(2)20-15-7-5-6-14(10-15)13(4)18-17(19)16-12(3)8-9-21-16/h5-11,13H,1-4H3,(H,18,19). The van der Waals surface area contributed by atoms with Crippen LogP contribution < -0.4 is 10.1 Å². The minimum Gasteiger partial charge on any atom is -0.491 e. The molecule has 0 saturated heterocycles. The Balaban J connectivity index is 2.08. The molecule has 0 saturated carbocycles. The summed E-state index contributed by atoms with van der Waals surface area (Å²) in [4.78, 5) is 13.0. The van der Waals surface area contributed by atoms with E-state index in [1.165, 1.54) is 11.3 Å². The van der Waals surface area contributed by atoms with E-state index >= 15 is 0 Å². The van der Waals surface area contributed by atoms with Crippen LogP contribution in [0.15, 0.2) is 35.7 Å². The van der Waals surface area contributed by atoms with Crippen molar-refractivity contribution in [1.29, 1.82) is 0 Å². The van der Waals surface area contributed by atoms with Gasteiger partial charge >= 0.3 is 0 Å². The topological polar surface area (TPSA) is 38.3 Å². The Morgan fingerprint density at radius 1 is 1.24 bits per heavy atom. The van der Waals surface area contributed by atoms with Gasteiger partial charge in [0.15, 0.2) is 0 Å². The van der Waals surface area contributed by atoms with Crippen LogP contribution >= 0.6 is 11.3 Å². The molecule has 0 aliphatic rings. The molecule has 1 amide bonds. The molecule has 1 unspecified atom stereocenters. The quantitative estimate of drug-likeness (QED) is 0.892. The van der Waals surface area contributed by atoms with Gasteiger partial charge in [-0.3, -0.25) is 4.79 Å². The molecule has 1 aromatic heterocycles. The molecule has 21 heavy (non-hydrogen) atoms. The highest BCUT2D eigenvalue weighted by molar-refractivity contribution is 7.12. The fourth-order valence-electron chi connectivity index (χ4n) is 2.08. The van der Waals surface area contributed by atoms with Gasteiger partial charge in [0.25, 0.3) is 5.91 Å². The second-order valence-electron chi connectivity index (χ2n) is 5.37. The van der Waals surface area contributed by atoms with E-state index < -0.39 is 0 Å². The molecule has 1 aromatic carbocycles. The summed E-state index contributed by atoms with van der Waals surface area (Å²) >= 11 is 1.47. The second-order valence-corrected chi connectivity index (χ2v) is 6.28. The third kappa shape index (κ3) is 4.08. The predicted octanol–water partition coefficient (Wildman–Crippen LogP) is 4.33. The Labute approximate surface area is 130 Å². The van der Waals surface area contributed by atoms with Crippen LogP contribution in [0.25, 0.3) is 0 Å². The first-order valence-electron chi connectivity index (χ1n) is 7.09. The van der Waals surface area contributed by atoms with Crippen LogP contribution in [-0.2, 0) is 0 Å². The molecule has 0 radical (unpaired) electrons. The molecule has 0 aliphatic heterocycles. The van der Waals surface area contributed by atoms with E-state index in [0.29, 0.717) is 0 Å². The van der Waals surface area contributed by atoms with Crippen molar-refractivity contribution in [2.75, 3.05) is 0 Å². The lowest BCUT2D eigenvalue weighted by Crippen LogP contribution is -2.26. The number of carbonyl (C=O) groups excluding carboxylic acids is 1. The molecular weight excluding hydrogens is 282 g/mol. The van der Waals surface area contributed by atoms with Gasteiger partial charge in [-0.15, -0.1) is 11.3 Å². The number of hydrogen-bond donors (Lipinski definition) is 1. The SMILES string of the molecule is Cc1ccsc1C(=O)NC(C)c1cccc(OC(C)C)c1. The Bertz CT molecular complexity index is 619. The molecule has 0 fully saturated rings. The summed E-state index contributed by atoms with van der Waals surface area (Å²) in [5.74, 6) is 0.807. The molecule has 0 aliphatic carbocycles. The first-order chi connectivity index (χ1) is 9.97. The average molecular weight is 303 g/mol. The van der Waals surface area contributed by atoms with Gasteiger partial charge in [0.05, 0.1) is 17.0 Å². The first kappa shape index (κ1) is 15.6. The monoisotopic (exact) mass is 303 g/mol. The van der Waals surface area contributed by atoms with E-state index in [0.717, 1.165) is 21.8 Å². The summed E-state index contributed by atoms with van der Waals surface area (Å²) in [7, 11) is 0. The minimum atomic E-state index is -0.0605. The van der Waals surface area contributed by atoms with E-state index in [9.17, 15) is 4.79 Å². The Kier molecular flexibility index (Phi) is 5.02. The van der Waals surface area contributed by atoms with Crippen molar-refractivity contribution in [3.8, 4) is 5.75 Å². The number of thiophene rings is 1. The van der Waals surface area contributed by atoms with Crippen LogP contribution in [0.2, 0.25) is 0 Å². The van der Waals surface area contributed by atoms with Gasteiger partial charge in [0.2, 0.25) is 0 Å². The number of rotatable bonds is 5. The van der Waals surface area contributed by atoms with Crippen LogP contribution in [0, 0.1) is 6.92 Å². The summed E-state index contributed by atoms with van der Waals surface area (Å²) in [5.41, 5.74) is 2.05. The maximum Gasteiger partial charge on any atom is 0.262 e. The zero-order chi connectivity index (χ0) is 15.4. The zero-order valence-corrected chi connectivity index (χ0v) is 13.7. The molecule has 0 bridgehead atoms.